The quantitative estimate of drug-likeness (QED) is 0.341. The highest BCUT2D eigenvalue weighted by atomic mass is 16.5. The minimum absolute atomic E-state index is 0.141. The van der Waals surface area contributed by atoms with E-state index in [9.17, 15) is 9.59 Å². The Morgan fingerprint density at radius 2 is 1.76 bits per heavy atom. The van der Waals surface area contributed by atoms with Gasteiger partial charge in [0.2, 0.25) is 5.91 Å². The third-order valence-corrected chi connectivity index (χ3v) is 3.38. The number of carbonyl (C=O) groups excluding carboxylic acids is 2. The van der Waals surface area contributed by atoms with E-state index in [0.717, 1.165) is 45.2 Å². The summed E-state index contributed by atoms with van der Waals surface area (Å²) in [5.74, 6) is 0.0153. The Morgan fingerprint density at radius 3 is 2.38 bits per heavy atom. The highest BCUT2D eigenvalue weighted by Gasteiger charge is 2.20. The van der Waals surface area contributed by atoms with Crippen molar-refractivity contribution in [3.05, 3.63) is 0 Å². The molecular formula is C16H33N2O3+. The number of ether oxygens (including phenoxy) is 1. The highest BCUT2D eigenvalue weighted by Crippen LogP contribution is 2.06. The molecule has 21 heavy (non-hydrogen) atoms. The molecule has 0 aromatic heterocycles. The van der Waals surface area contributed by atoms with Gasteiger partial charge in [-0.05, 0) is 32.6 Å². The van der Waals surface area contributed by atoms with Gasteiger partial charge in [0.25, 0.3) is 0 Å². The molecule has 0 aromatic carbocycles. The van der Waals surface area contributed by atoms with Gasteiger partial charge < -0.3 is 14.5 Å². The third-order valence-electron chi connectivity index (χ3n) is 3.38. The molecule has 1 amide bonds. The lowest BCUT2D eigenvalue weighted by Crippen LogP contribution is -2.45. The molecule has 124 valence electrons. The fraction of sp³-hybridized carbons (Fsp3) is 0.875. The molecule has 0 fully saturated rings. The summed E-state index contributed by atoms with van der Waals surface area (Å²) in [5.41, 5.74) is 0. The van der Waals surface area contributed by atoms with E-state index in [0.29, 0.717) is 24.1 Å². The van der Waals surface area contributed by atoms with E-state index in [1.807, 2.05) is 21.0 Å². The number of hydrogen-bond acceptors (Lipinski definition) is 3. The lowest BCUT2D eigenvalue weighted by atomic mass is 10.1. The summed E-state index contributed by atoms with van der Waals surface area (Å²) in [6, 6.07) is 0. The normalized spacial score (nSPS) is 11.2. The second-order valence-electron chi connectivity index (χ2n) is 6.14. The summed E-state index contributed by atoms with van der Waals surface area (Å²) in [5, 5.41) is 2.93. The molecule has 5 heteroatoms. The summed E-state index contributed by atoms with van der Waals surface area (Å²) < 4.78 is 5.62. The standard InChI is InChI=1S/C16H32N2O3/c1-5-7-12-17-15(19)11-9-8-10-13-18(3,4)14-16(20)21-6-2/h5-14H2,1-4H3/p+1. The largest absolute Gasteiger partial charge is 0.462 e. The van der Waals surface area contributed by atoms with Gasteiger partial charge in [-0.2, -0.15) is 0 Å². The predicted octanol–water partition coefficient (Wildman–Crippen LogP) is 2.10. The van der Waals surface area contributed by atoms with E-state index in [1.165, 1.54) is 0 Å². The van der Waals surface area contributed by atoms with Gasteiger partial charge in [-0.25, -0.2) is 4.79 Å². The van der Waals surface area contributed by atoms with Crippen LogP contribution in [0.2, 0.25) is 0 Å². The van der Waals surface area contributed by atoms with Gasteiger partial charge >= 0.3 is 5.97 Å². The molecule has 0 atom stereocenters. The smallest absolute Gasteiger partial charge is 0.361 e. The zero-order valence-electron chi connectivity index (χ0n) is 14.2. The lowest BCUT2D eigenvalue weighted by molar-refractivity contribution is -0.883. The maximum absolute atomic E-state index is 11.5. The van der Waals surface area contributed by atoms with Crippen molar-refractivity contribution in [2.45, 2.75) is 52.4 Å². The van der Waals surface area contributed by atoms with Gasteiger partial charge in [-0.1, -0.05) is 13.3 Å². The van der Waals surface area contributed by atoms with E-state index in [4.69, 9.17) is 4.74 Å². The Kier molecular flexibility index (Phi) is 10.9. The molecule has 0 aliphatic rings. The Bertz CT molecular complexity index is 304. The summed E-state index contributed by atoms with van der Waals surface area (Å²) in [6.07, 6.45) is 5.71. The van der Waals surface area contributed by atoms with Crippen LogP contribution in [0.3, 0.4) is 0 Å². The number of rotatable bonds is 12. The van der Waals surface area contributed by atoms with Gasteiger partial charge in [-0.15, -0.1) is 0 Å². The number of nitrogens with zero attached hydrogens (tertiary/aromatic N) is 1. The first-order chi connectivity index (χ1) is 9.91. The van der Waals surface area contributed by atoms with Crippen LogP contribution in [0, 0.1) is 0 Å². The maximum Gasteiger partial charge on any atom is 0.361 e. The van der Waals surface area contributed by atoms with Crippen LogP contribution in [0.25, 0.3) is 0 Å². The average Bonchev–Trinajstić information content (AvgIpc) is 2.38. The molecule has 0 saturated heterocycles. The molecule has 0 aliphatic heterocycles. The molecule has 0 saturated carbocycles. The number of nitrogens with one attached hydrogen (secondary N) is 1. The fourth-order valence-electron chi connectivity index (χ4n) is 2.13. The summed E-state index contributed by atoms with van der Waals surface area (Å²) in [7, 11) is 4.07. The summed E-state index contributed by atoms with van der Waals surface area (Å²) in [4.78, 5) is 23.0. The fourth-order valence-corrected chi connectivity index (χ4v) is 2.13. The third kappa shape index (κ3) is 12.4. The Balaban J connectivity index is 3.64. The molecule has 0 radical (unpaired) electrons. The number of unbranched alkanes of at least 4 members (excludes halogenated alkanes) is 3. The van der Waals surface area contributed by atoms with Crippen molar-refractivity contribution in [2.24, 2.45) is 0 Å². The minimum Gasteiger partial charge on any atom is -0.462 e. The number of amides is 1. The molecule has 0 heterocycles. The highest BCUT2D eigenvalue weighted by molar-refractivity contribution is 5.75. The average molecular weight is 301 g/mol. The van der Waals surface area contributed by atoms with Gasteiger partial charge in [0.15, 0.2) is 6.54 Å². The van der Waals surface area contributed by atoms with E-state index >= 15 is 0 Å². The number of esters is 1. The molecule has 0 spiro atoms. The van der Waals surface area contributed by atoms with Gasteiger partial charge in [-0.3, -0.25) is 4.79 Å². The van der Waals surface area contributed by atoms with Crippen LogP contribution in [0.15, 0.2) is 0 Å². The molecule has 5 nitrogen and oxygen atoms in total. The summed E-state index contributed by atoms with van der Waals surface area (Å²) in [6.45, 7) is 6.50. The molecule has 1 N–H and O–H groups in total. The molecule has 0 unspecified atom stereocenters. The van der Waals surface area contributed by atoms with Crippen LogP contribution in [-0.4, -0.2) is 56.7 Å². The SMILES string of the molecule is CCCCNC(=O)CCCCC[N+](C)(C)CC(=O)OCC. The van der Waals surface area contributed by atoms with Gasteiger partial charge in [0.05, 0.1) is 27.2 Å². The van der Waals surface area contributed by atoms with Crippen LogP contribution in [0.1, 0.15) is 52.4 Å². The van der Waals surface area contributed by atoms with Crippen LogP contribution in [-0.2, 0) is 14.3 Å². The first kappa shape index (κ1) is 19.9. The first-order valence-electron chi connectivity index (χ1n) is 8.15. The second kappa shape index (κ2) is 11.5. The van der Waals surface area contributed by atoms with E-state index in [2.05, 4.69) is 12.2 Å². The van der Waals surface area contributed by atoms with Crippen molar-refractivity contribution in [1.29, 1.82) is 0 Å². The van der Waals surface area contributed by atoms with E-state index in [-0.39, 0.29) is 11.9 Å². The minimum atomic E-state index is -0.141. The summed E-state index contributed by atoms with van der Waals surface area (Å²) >= 11 is 0. The van der Waals surface area contributed by atoms with Crippen LogP contribution >= 0.6 is 0 Å². The second-order valence-corrected chi connectivity index (χ2v) is 6.14. The number of hydrogen-bond donors (Lipinski definition) is 1. The van der Waals surface area contributed by atoms with E-state index < -0.39 is 0 Å². The van der Waals surface area contributed by atoms with Gasteiger partial charge in [0, 0.05) is 13.0 Å². The van der Waals surface area contributed by atoms with Crippen LogP contribution in [0.4, 0.5) is 0 Å². The molecule has 0 aromatic rings. The van der Waals surface area contributed by atoms with Crippen molar-refractivity contribution in [3.63, 3.8) is 0 Å². The number of quaternary nitrogens is 1. The maximum atomic E-state index is 11.5. The molecule has 0 aliphatic carbocycles. The first-order valence-corrected chi connectivity index (χ1v) is 8.15. The zero-order chi connectivity index (χ0) is 16.1. The molecular weight excluding hydrogens is 268 g/mol. The van der Waals surface area contributed by atoms with Crippen molar-refractivity contribution < 1.29 is 18.8 Å². The zero-order valence-corrected chi connectivity index (χ0v) is 14.2. The predicted molar refractivity (Wildman–Crippen MR) is 84.9 cm³/mol. The van der Waals surface area contributed by atoms with Crippen LogP contribution < -0.4 is 5.32 Å². The lowest BCUT2D eigenvalue weighted by Gasteiger charge is -2.28. The number of likely N-dealkylation sites (N-methyl/N-ethyl adjacent to an activating group) is 1. The Labute approximate surface area is 129 Å². The van der Waals surface area contributed by atoms with Crippen molar-refractivity contribution >= 4 is 11.9 Å². The van der Waals surface area contributed by atoms with E-state index in [1.54, 1.807) is 0 Å². The van der Waals surface area contributed by atoms with Crippen molar-refractivity contribution in [3.8, 4) is 0 Å². The topological polar surface area (TPSA) is 55.4 Å². The van der Waals surface area contributed by atoms with Gasteiger partial charge in [0.1, 0.15) is 0 Å². The monoisotopic (exact) mass is 301 g/mol. The Morgan fingerprint density at radius 1 is 1.05 bits per heavy atom. The Hall–Kier alpha value is -1.10. The van der Waals surface area contributed by atoms with Crippen LogP contribution in [0.5, 0.6) is 0 Å². The molecule has 0 bridgehead atoms. The van der Waals surface area contributed by atoms with Crippen molar-refractivity contribution in [1.82, 2.24) is 5.32 Å². The molecule has 0 rings (SSSR count). The van der Waals surface area contributed by atoms with Crippen molar-refractivity contribution in [2.75, 3.05) is 40.3 Å². The number of carbonyl (C=O) groups is 2.